The van der Waals surface area contributed by atoms with Crippen LogP contribution >= 0.6 is 0 Å². The van der Waals surface area contributed by atoms with Crippen LogP contribution in [0.5, 0.6) is 5.75 Å². The Morgan fingerprint density at radius 1 is 1.44 bits per heavy atom. The largest absolute Gasteiger partial charge is 0.496 e. The summed E-state index contributed by atoms with van der Waals surface area (Å²) in [6, 6.07) is 4.66. The van der Waals surface area contributed by atoms with Gasteiger partial charge in [-0.1, -0.05) is 0 Å². The van der Waals surface area contributed by atoms with Gasteiger partial charge in [0.25, 0.3) is 5.92 Å². The van der Waals surface area contributed by atoms with Crippen LogP contribution in [0.4, 0.5) is 8.78 Å². The van der Waals surface area contributed by atoms with Gasteiger partial charge in [-0.15, -0.1) is 0 Å². The lowest BCUT2D eigenvalue weighted by Gasteiger charge is -2.16. The van der Waals surface area contributed by atoms with Gasteiger partial charge in [0.15, 0.2) is 0 Å². The van der Waals surface area contributed by atoms with Gasteiger partial charge in [0.2, 0.25) is 0 Å². The summed E-state index contributed by atoms with van der Waals surface area (Å²) in [5.41, 5.74) is 0.939. The summed E-state index contributed by atoms with van der Waals surface area (Å²) in [4.78, 5) is 0. The van der Waals surface area contributed by atoms with Crippen molar-refractivity contribution in [3.05, 3.63) is 29.3 Å². The Kier molecular flexibility index (Phi) is 3.85. The number of ether oxygens (including phenoxy) is 1. The summed E-state index contributed by atoms with van der Waals surface area (Å²) in [7, 11) is 1.58. The highest BCUT2D eigenvalue weighted by atomic mass is 19.3. The molecule has 1 unspecified atom stereocenters. The van der Waals surface area contributed by atoms with Crippen LogP contribution in [0, 0.1) is 5.92 Å². The number of methoxy groups -OCH3 is 1. The van der Waals surface area contributed by atoms with Crippen molar-refractivity contribution < 1.29 is 13.5 Å². The Hall–Kier alpha value is -1.16. The standard InChI is InChI=1S/C14H19F2NO/c1-14(15,16)12-3-4-13(18-2)11(8-12)7-10-5-6-17-9-10/h3-4,8,10,17H,5-7,9H2,1-2H3. The summed E-state index contributed by atoms with van der Waals surface area (Å²) in [6.07, 6.45) is 1.88. The van der Waals surface area contributed by atoms with E-state index in [1.807, 2.05) is 0 Å². The molecule has 0 bridgehead atoms. The lowest BCUT2D eigenvalue weighted by Crippen LogP contribution is -2.13. The average Bonchev–Trinajstić information content (AvgIpc) is 2.80. The third-order valence-electron chi connectivity index (χ3n) is 3.46. The van der Waals surface area contributed by atoms with E-state index in [0.717, 1.165) is 38.4 Å². The van der Waals surface area contributed by atoms with Crippen molar-refractivity contribution in [2.45, 2.75) is 25.7 Å². The summed E-state index contributed by atoms with van der Waals surface area (Å²) in [5.74, 6) is -1.58. The quantitative estimate of drug-likeness (QED) is 0.893. The smallest absolute Gasteiger partial charge is 0.270 e. The van der Waals surface area contributed by atoms with E-state index in [2.05, 4.69) is 5.32 Å². The molecule has 0 radical (unpaired) electrons. The van der Waals surface area contributed by atoms with Crippen LogP contribution in [-0.2, 0) is 12.3 Å². The molecule has 2 nitrogen and oxygen atoms in total. The van der Waals surface area contributed by atoms with Gasteiger partial charge in [0.05, 0.1) is 7.11 Å². The first kappa shape index (κ1) is 13.3. The molecule has 1 saturated heterocycles. The first-order valence-electron chi connectivity index (χ1n) is 6.26. The maximum Gasteiger partial charge on any atom is 0.270 e. The predicted molar refractivity (Wildman–Crippen MR) is 67.2 cm³/mol. The van der Waals surface area contributed by atoms with Gasteiger partial charge in [-0.3, -0.25) is 0 Å². The van der Waals surface area contributed by atoms with Crippen LogP contribution in [0.25, 0.3) is 0 Å². The molecule has 1 aliphatic heterocycles. The molecule has 0 aromatic heterocycles. The van der Waals surface area contributed by atoms with Gasteiger partial charge in [0, 0.05) is 12.5 Å². The van der Waals surface area contributed by atoms with Crippen molar-refractivity contribution in [3.8, 4) is 5.75 Å². The zero-order valence-corrected chi connectivity index (χ0v) is 10.8. The highest BCUT2D eigenvalue weighted by Gasteiger charge is 2.26. The van der Waals surface area contributed by atoms with Crippen LogP contribution in [0.2, 0.25) is 0 Å². The Bertz CT molecular complexity index is 409. The van der Waals surface area contributed by atoms with Crippen molar-refractivity contribution in [1.82, 2.24) is 5.32 Å². The molecule has 1 aliphatic rings. The van der Waals surface area contributed by atoms with Crippen molar-refractivity contribution in [2.24, 2.45) is 5.92 Å². The lowest BCUT2D eigenvalue weighted by atomic mass is 9.95. The fraction of sp³-hybridized carbons (Fsp3) is 0.571. The van der Waals surface area contributed by atoms with Gasteiger partial charge >= 0.3 is 0 Å². The van der Waals surface area contributed by atoms with Crippen molar-refractivity contribution in [3.63, 3.8) is 0 Å². The monoisotopic (exact) mass is 255 g/mol. The Balaban J connectivity index is 2.24. The Labute approximate surface area is 106 Å². The molecule has 1 fully saturated rings. The Morgan fingerprint density at radius 2 is 2.22 bits per heavy atom. The number of rotatable bonds is 4. The molecule has 0 saturated carbocycles. The first-order chi connectivity index (χ1) is 8.50. The van der Waals surface area contributed by atoms with Gasteiger partial charge in [-0.25, -0.2) is 8.78 Å². The van der Waals surface area contributed by atoms with Crippen LogP contribution < -0.4 is 10.1 Å². The molecule has 18 heavy (non-hydrogen) atoms. The summed E-state index contributed by atoms with van der Waals surface area (Å²) >= 11 is 0. The number of halogens is 2. The second kappa shape index (κ2) is 5.22. The van der Waals surface area contributed by atoms with Gasteiger partial charge in [0.1, 0.15) is 5.75 Å². The third-order valence-corrected chi connectivity index (χ3v) is 3.46. The lowest BCUT2D eigenvalue weighted by molar-refractivity contribution is 0.0173. The number of nitrogens with one attached hydrogen (secondary N) is 1. The van der Waals surface area contributed by atoms with Crippen LogP contribution in [0.15, 0.2) is 18.2 Å². The van der Waals surface area contributed by atoms with E-state index in [0.29, 0.717) is 11.7 Å². The normalized spacial score (nSPS) is 20.1. The van der Waals surface area contributed by atoms with Gasteiger partial charge in [-0.2, -0.15) is 0 Å². The van der Waals surface area contributed by atoms with Crippen LogP contribution in [-0.4, -0.2) is 20.2 Å². The highest BCUT2D eigenvalue weighted by molar-refractivity contribution is 5.39. The van der Waals surface area contributed by atoms with E-state index >= 15 is 0 Å². The van der Waals surface area contributed by atoms with Crippen LogP contribution in [0.3, 0.4) is 0 Å². The minimum atomic E-state index is -2.80. The average molecular weight is 255 g/mol. The van der Waals surface area contributed by atoms with Crippen molar-refractivity contribution in [2.75, 3.05) is 20.2 Å². The van der Waals surface area contributed by atoms with E-state index in [-0.39, 0.29) is 5.56 Å². The minimum absolute atomic E-state index is 0.0595. The van der Waals surface area contributed by atoms with Gasteiger partial charge < -0.3 is 10.1 Å². The van der Waals surface area contributed by atoms with Crippen molar-refractivity contribution in [1.29, 1.82) is 0 Å². The molecule has 0 aliphatic carbocycles. The maximum atomic E-state index is 13.3. The molecule has 1 aromatic rings. The molecule has 1 heterocycles. The highest BCUT2D eigenvalue weighted by Crippen LogP contribution is 2.32. The van der Waals surface area contributed by atoms with E-state index in [4.69, 9.17) is 4.74 Å². The van der Waals surface area contributed by atoms with Crippen molar-refractivity contribution >= 4 is 0 Å². The predicted octanol–water partition coefficient (Wildman–Crippen LogP) is 2.96. The topological polar surface area (TPSA) is 21.3 Å². The van der Waals surface area contributed by atoms with Crippen LogP contribution in [0.1, 0.15) is 24.5 Å². The molecule has 1 N–H and O–H groups in total. The third kappa shape index (κ3) is 2.99. The van der Waals surface area contributed by atoms with E-state index in [9.17, 15) is 8.78 Å². The van der Waals surface area contributed by atoms with E-state index in [1.165, 1.54) is 6.07 Å². The molecule has 4 heteroatoms. The zero-order valence-electron chi connectivity index (χ0n) is 10.8. The molecular formula is C14H19F2NO. The number of alkyl halides is 2. The number of benzene rings is 1. The Morgan fingerprint density at radius 3 is 2.78 bits per heavy atom. The van der Waals surface area contributed by atoms with Gasteiger partial charge in [-0.05, 0) is 55.6 Å². The maximum absolute atomic E-state index is 13.3. The number of hydrogen-bond acceptors (Lipinski definition) is 2. The number of hydrogen-bond donors (Lipinski definition) is 1. The second-order valence-electron chi connectivity index (χ2n) is 4.98. The second-order valence-corrected chi connectivity index (χ2v) is 4.98. The summed E-state index contributed by atoms with van der Waals surface area (Å²) in [5, 5.41) is 3.29. The molecule has 2 rings (SSSR count). The molecule has 1 atom stereocenters. The SMILES string of the molecule is COc1ccc(C(C)(F)F)cc1CC1CCNC1. The molecule has 0 amide bonds. The first-order valence-corrected chi connectivity index (χ1v) is 6.26. The molecule has 0 spiro atoms. The zero-order chi connectivity index (χ0) is 13.2. The fourth-order valence-electron chi connectivity index (χ4n) is 2.41. The minimum Gasteiger partial charge on any atom is -0.496 e. The fourth-order valence-corrected chi connectivity index (χ4v) is 2.41. The summed E-state index contributed by atoms with van der Waals surface area (Å²) in [6.45, 7) is 2.89. The molecular weight excluding hydrogens is 236 g/mol. The molecule has 100 valence electrons. The molecule has 1 aromatic carbocycles. The van der Waals surface area contributed by atoms with E-state index < -0.39 is 5.92 Å². The summed E-state index contributed by atoms with van der Waals surface area (Å²) < 4.78 is 31.9. The van der Waals surface area contributed by atoms with E-state index in [1.54, 1.807) is 19.2 Å².